The van der Waals surface area contributed by atoms with Crippen molar-refractivity contribution in [2.45, 2.75) is 31.2 Å². The molecule has 1 aliphatic heterocycles. The number of benzene rings is 1. The third-order valence-corrected chi connectivity index (χ3v) is 6.90. The van der Waals surface area contributed by atoms with Crippen molar-refractivity contribution in [3.63, 3.8) is 0 Å². The number of sulfonamides is 1. The Labute approximate surface area is 170 Å². The monoisotopic (exact) mass is 416 g/mol. The van der Waals surface area contributed by atoms with Crippen molar-refractivity contribution in [3.05, 3.63) is 54.1 Å². The molecule has 4 rings (SSSR count). The van der Waals surface area contributed by atoms with Crippen LogP contribution in [-0.4, -0.2) is 54.0 Å². The van der Waals surface area contributed by atoms with Gasteiger partial charge >= 0.3 is 0 Å². The van der Waals surface area contributed by atoms with Gasteiger partial charge in [0, 0.05) is 26.2 Å². The smallest absolute Gasteiger partial charge is 0.283 e. The van der Waals surface area contributed by atoms with E-state index in [1.54, 1.807) is 34.8 Å². The van der Waals surface area contributed by atoms with Gasteiger partial charge in [0.25, 0.3) is 5.89 Å². The number of furan rings is 1. The molecule has 1 saturated heterocycles. The Balaban J connectivity index is 1.35. The number of rotatable bonds is 7. The number of hydrogen-bond donors (Lipinski definition) is 0. The summed E-state index contributed by atoms with van der Waals surface area (Å²) in [4.78, 5) is 2.46. The lowest BCUT2D eigenvalue weighted by Crippen LogP contribution is -2.48. The molecule has 0 saturated carbocycles. The molecule has 29 heavy (non-hydrogen) atoms. The van der Waals surface area contributed by atoms with E-state index in [9.17, 15) is 8.42 Å². The van der Waals surface area contributed by atoms with Gasteiger partial charge in [0.15, 0.2) is 5.76 Å². The van der Waals surface area contributed by atoms with E-state index in [0.29, 0.717) is 55.2 Å². The Bertz CT molecular complexity index is 1020. The Hall–Kier alpha value is -2.49. The van der Waals surface area contributed by atoms with Gasteiger partial charge in [0.05, 0.1) is 17.7 Å². The molecule has 3 heterocycles. The highest BCUT2D eigenvalue weighted by atomic mass is 32.2. The summed E-state index contributed by atoms with van der Waals surface area (Å²) >= 11 is 0. The zero-order valence-corrected chi connectivity index (χ0v) is 17.1. The van der Waals surface area contributed by atoms with Crippen LogP contribution in [0.4, 0.5) is 0 Å². The molecule has 2 aromatic heterocycles. The summed E-state index contributed by atoms with van der Waals surface area (Å²) in [5.74, 6) is 1.36. The molecule has 3 aromatic rings. The average Bonchev–Trinajstić information content (AvgIpc) is 3.41. The van der Waals surface area contributed by atoms with E-state index in [-0.39, 0.29) is 0 Å². The molecule has 8 nitrogen and oxygen atoms in total. The van der Waals surface area contributed by atoms with Gasteiger partial charge in [-0.05, 0) is 36.2 Å². The molecule has 0 bridgehead atoms. The summed E-state index contributed by atoms with van der Waals surface area (Å²) in [5, 5.41) is 8.05. The van der Waals surface area contributed by atoms with Crippen molar-refractivity contribution in [2.24, 2.45) is 0 Å². The highest BCUT2D eigenvalue weighted by Gasteiger charge is 2.29. The first-order valence-electron chi connectivity index (χ1n) is 9.74. The van der Waals surface area contributed by atoms with Crippen molar-refractivity contribution in [3.8, 4) is 11.7 Å². The number of hydrogen-bond acceptors (Lipinski definition) is 7. The summed E-state index contributed by atoms with van der Waals surface area (Å²) in [5.41, 5.74) is 1.16. The minimum absolute atomic E-state index is 0.345. The minimum atomic E-state index is -3.47. The van der Waals surface area contributed by atoms with Gasteiger partial charge in [-0.2, -0.15) is 4.31 Å². The van der Waals surface area contributed by atoms with Crippen molar-refractivity contribution < 1.29 is 17.3 Å². The van der Waals surface area contributed by atoms with Crippen LogP contribution >= 0.6 is 0 Å². The molecule has 0 atom stereocenters. The minimum Gasteiger partial charge on any atom is -0.459 e. The zero-order valence-electron chi connectivity index (χ0n) is 16.3. The lowest BCUT2D eigenvalue weighted by Gasteiger charge is -2.33. The first-order valence-corrected chi connectivity index (χ1v) is 11.2. The summed E-state index contributed by atoms with van der Waals surface area (Å²) in [6, 6.07) is 10.7. The zero-order chi connectivity index (χ0) is 20.3. The second-order valence-electron chi connectivity index (χ2n) is 7.05. The van der Waals surface area contributed by atoms with Crippen molar-refractivity contribution in [1.82, 2.24) is 19.4 Å². The highest BCUT2D eigenvalue weighted by molar-refractivity contribution is 7.89. The Morgan fingerprint density at radius 3 is 2.45 bits per heavy atom. The lowest BCUT2D eigenvalue weighted by atomic mass is 10.1. The Kier molecular flexibility index (Phi) is 5.79. The maximum atomic E-state index is 12.9. The third kappa shape index (κ3) is 4.42. The van der Waals surface area contributed by atoms with E-state index in [1.807, 2.05) is 12.1 Å². The Morgan fingerprint density at radius 2 is 1.79 bits per heavy atom. The van der Waals surface area contributed by atoms with Crippen LogP contribution in [0.15, 0.2) is 56.4 Å². The van der Waals surface area contributed by atoms with Gasteiger partial charge in [0.1, 0.15) is 0 Å². The molecular formula is C20H24N4O4S. The summed E-state index contributed by atoms with van der Waals surface area (Å²) < 4.78 is 38.3. The molecule has 1 fully saturated rings. The van der Waals surface area contributed by atoms with E-state index in [0.717, 1.165) is 18.4 Å². The van der Waals surface area contributed by atoms with Crippen LogP contribution < -0.4 is 0 Å². The van der Waals surface area contributed by atoms with Gasteiger partial charge in [0.2, 0.25) is 15.9 Å². The maximum Gasteiger partial charge on any atom is 0.283 e. The quantitative estimate of drug-likeness (QED) is 0.585. The van der Waals surface area contributed by atoms with Crippen LogP contribution in [-0.2, 0) is 23.0 Å². The third-order valence-electron chi connectivity index (χ3n) is 4.99. The van der Waals surface area contributed by atoms with E-state index in [4.69, 9.17) is 8.83 Å². The van der Waals surface area contributed by atoms with Gasteiger partial charge in [-0.15, -0.1) is 10.2 Å². The molecule has 9 heteroatoms. The van der Waals surface area contributed by atoms with Crippen LogP contribution in [0.2, 0.25) is 0 Å². The van der Waals surface area contributed by atoms with E-state index in [1.165, 1.54) is 0 Å². The molecule has 0 spiro atoms. The highest BCUT2D eigenvalue weighted by Crippen LogP contribution is 2.21. The second-order valence-corrected chi connectivity index (χ2v) is 8.99. The van der Waals surface area contributed by atoms with E-state index >= 15 is 0 Å². The van der Waals surface area contributed by atoms with Crippen LogP contribution in [0.5, 0.6) is 0 Å². The fraction of sp³-hybridized carbons (Fsp3) is 0.400. The van der Waals surface area contributed by atoms with Crippen molar-refractivity contribution >= 4 is 10.0 Å². The van der Waals surface area contributed by atoms with Gasteiger partial charge < -0.3 is 8.83 Å². The molecule has 1 aromatic carbocycles. The number of nitrogens with zero attached hydrogens (tertiary/aromatic N) is 4. The fourth-order valence-electron chi connectivity index (χ4n) is 3.40. The average molecular weight is 417 g/mol. The second kappa shape index (κ2) is 8.48. The van der Waals surface area contributed by atoms with E-state index in [2.05, 4.69) is 22.0 Å². The molecule has 1 aliphatic rings. The maximum absolute atomic E-state index is 12.9. The van der Waals surface area contributed by atoms with Gasteiger partial charge in [-0.3, -0.25) is 4.90 Å². The van der Waals surface area contributed by atoms with Crippen LogP contribution in [0, 0.1) is 0 Å². The molecular weight excluding hydrogens is 392 g/mol. The van der Waals surface area contributed by atoms with Gasteiger partial charge in [-0.1, -0.05) is 25.5 Å². The molecule has 0 N–H and O–H groups in total. The summed E-state index contributed by atoms with van der Waals surface area (Å²) in [7, 11) is -3.47. The molecule has 0 aliphatic carbocycles. The predicted octanol–water partition coefficient (Wildman–Crippen LogP) is 2.79. The Morgan fingerprint density at radius 1 is 1.03 bits per heavy atom. The number of aryl methyl sites for hydroxylation is 1. The summed E-state index contributed by atoms with van der Waals surface area (Å²) in [6.07, 6.45) is 3.55. The van der Waals surface area contributed by atoms with Crippen LogP contribution in [0.1, 0.15) is 24.8 Å². The summed E-state index contributed by atoms with van der Waals surface area (Å²) in [6.45, 7) is 4.65. The number of piperazine rings is 1. The van der Waals surface area contributed by atoms with Crippen molar-refractivity contribution in [1.29, 1.82) is 0 Å². The molecule has 154 valence electrons. The predicted molar refractivity (Wildman–Crippen MR) is 106 cm³/mol. The van der Waals surface area contributed by atoms with Gasteiger partial charge in [-0.25, -0.2) is 8.42 Å². The molecule has 0 unspecified atom stereocenters. The molecule has 0 radical (unpaired) electrons. The van der Waals surface area contributed by atoms with Crippen LogP contribution in [0.3, 0.4) is 0 Å². The van der Waals surface area contributed by atoms with E-state index < -0.39 is 10.0 Å². The topological polar surface area (TPSA) is 92.7 Å². The largest absolute Gasteiger partial charge is 0.459 e. The first-order chi connectivity index (χ1) is 14.1. The fourth-order valence-corrected chi connectivity index (χ4v) is 4.82. The van der Waals surface area contributed by atoms with Crippen molar-refractivity contribution in [2.75, 3.05) is 26.2 Å². The number of aromatic nitrogens is 2. The molecule has 0 amide bonds. The first kappa shape index (κ1) is 19.8. The normalized spacial score (nSPS) is 16.3. The van der Waals surface area contributed by atoms with Crippen LogP contribution in [0.25, 0.3) is 11.7 Å². The SMILES string of the molecule is CCCc1ccc(S(=O)(=O)N2CCN(Cc3nnc(-c4ccco4)o3)CC2)cc1. The standard InChI is InChI=1S/C20H24N4O4S/c1-2-4-16-6-8-17(9-7-16)29(25,26)24-12-10-23(11-13-24)15-19-21-22-20(28-19)18-5-3-14-27-18/h3,5-9,14H,2,4,10-13,15H2,1H3. The lowest BCUT2D eigenvalue weighted by molar-refractivity contribution is 0.168.